The third-order valence-electron chi connectivity index (χ3n) is 1.82. The van der Waals surface area contributed by atoms with Gasteiger partial charge in [-0.2, -0.15) is 0 Å². The van der Waals surface area contributed by atoms with Crippen molar-refractivity contribution in [2.24, 2.45) is 0 Å². The van der Waals surface area contributed by atoms with E-state index >= 15 is 0 Å². The molecule has 0 bridgehead atoms. The second kappa shape index (κ2) is 8.50. The van der Waals surface area contributed by atoms with E-state index in [0.29, 0.717) is 5.56 Å². The number of rotatable bonds is 1. The summed E-state index contributed by atoms with van der Waals surface area (Å²) in [6, 6.07) is 4.65. The molecule has 0 heterocycles. The summed E-state index contributed by atoms with van der Waals surface area (Å²) in [5.74, 6) is 0. The Bertz CT molecular complexity index is 406. The van der Waals surface area contributed by atoms with Gasteiger partial charge in [0.2, 0.25) is 0 Å². The molecule has 0 saturated carbocycles. The first-order valence-electron chi connectivity index (χ1n) is 3.45. The van der Waals surface area contributed by atoms with Crippen molar-refractivity contribution >= 4 is 10.1 Å². The Morgan fingerprint density at radius 2 is 1.60 bits per heavy atom. The summed E-state index contributed by atoms with van der Waals surface area (Å²) in [6.45, 7) is 3.39. The molecule has 74 valence electrons. The van der Waals surface area contributed by atoms with Crippen LogP contribution in [0.3, 0.4) is 0 Å². The number of hydrogen-bond acceptors (Lipinski definition) is 3. The first kappa shape index (κ1) is 21.7. The molecular formula is C8H9ClNa2O3S. The summed E-state index contributed by atoms with van der Waals surface area (Å²) in [5.41, 5.74) is 1.35. The second-order valence-electron chi connectivity index (χ2n) is 2.65. The fraction of sp³-hybridized carbons (Fsp3) is 0.250. The minimum absolute atomic E-state index is 0. The SMILES string of the molecule is Cc1cccc(S(=O)(=O)[O-])c1C.[Cl-].[Na+].[Na+]. The molecule has 0 radical (unpaired) electrons. The molecule has 0 aromatic heterocycles. The average molecular weight is 267 g/mol. The van der Waals surface area contributed by atoms with Gasteiger partial charge in [0.15, 0.2) is 0 Å². The number of aryl methyl sites for hydroxylation is 1. The predicted octanol–water partition coefficient (Wildman–Crippen LogP) is -7.78. The average Bonchev–Trinajstić information content (AvgIpc) is 1.92. The zero-order chi connectivity index (χ0) is 9.35. The minimum Gasteiger partial charge on any atom is -1.00 e. The van der Waals surface area contributed by atoms with E-state index in [4.69, 9.17) is 0 Å². The smallest absolute Gasteiger partial charge is 1.00 e. The van der Waals surface area contributed by atoms with E-state index in [1.54, 1.807) is 26.0 Å². The van der Waals surface area contributed by atoms with Crippen molar-refractivity contribution in [2.45, 2.75) is 18.7 Å². The van der Waals surface area contributed by atoms with E-state index in [1.165, 1.54) is 6.07 Å². The molecule has 0 N–H and O–H groups in total. The van der Waals surface area contributed by atoms with Crippen molar-refractivity contribution in [3.63, 3.8) is 0 Å². The maximum absolute atomic E-state index is 10.7. The first-order valence-corrected chi connectivity index (χ1v) is 4.86. The van der Waals surface area contributed by atoms with Crippen molar-refractivity contribution < 1.29 is 84.5 Å². The maximum Gasteiger partial charge on any atom is 1.00 e. The second-order valence-corrected chi connectivity index (χ2v) is 4.00. The normalized spacial score (nSPS) is 9.27. The first-order chi connectivity index (χ1) is 5.43. The third-order valence-corrected chi connectivity index (χ3v) is 2.81. The minimum atomic E-state index is -4.31. The van der Waals surface area contributed by atoms with Crippen LogP contribution in [0.25, 0.3) is 0 Å². The molecule has 7 heteroatoms. The van der Waals surface area contributed by atoms with E-state index in [9.17, 15) is 13.0 Å². The summed E-state index contributed by atoms with van der Waals surface area (Å²) in [6.07, 6.45) is 0. The van der Waals surface area contributed by atoms with Crippen LogP contribution < -0.4 is 71.5 Å². The van der Waals surface area contributed by atoms with Gasteiger partial charge in [-0.25, -0.2) is 8.42 Å². The van der Waals surface area contributed by atoms with Crippen LogP contribution >= 0.6 is 0 Å². The largest absolute Gasteiger partial charge is 1.00 e. The molecule has 0 aliphatic rings. The molecule has 0 unspecified atom stereocenters. The van der Waals surface area contributed by atoms with Crippen molar-refractivity contribution in [3.8, 4) is 0 Å². The summed E-state index contributed by atoms with van der Waals surface area (Å²) < 4.78 is 32.0. The van der Waals surface area contributed by atoms with Crippen LogP contribution in [0.2, 0.25) is 0 Å². The van der Waals surface area contributed by atoms with Gasteiger partial charge in [0.05, 0.1) is 4.90 Å². The predicted molar refractivity (Wildman–Crippen MR) is 43.9 cm³/mol. The van der Waals surface area contributed by atoms with E-state index in [0.717, 1.165) is 5.56 Å². The zero-order valence-electron chi connectivity index (χ0n) is 9.24. The van der Waals surface area contributed by atoms with Gasteiger partial charge in [0.25, 0.3) is 0 Å². The molecule has 0 fully saturated rings. The van der Waals surface area contributed by atoms with E-state index in [-0.39, 0.29) is 76.4 Å². The Morgan fingerprint density at radius 3 is 1.93 bits per heavy atom. The molecule has 0 aliphatic heterocycles. The van der Waals surface area contributed by atoms with Gasteiger partial charge in [0, 0.05) is 0 Å². The van der Waals surface area contributed by atoms with Crippen LogP contribution in [-0.2, 0) is 10.1 Å². The number of benzene rings is 1. The van der Waals surface area contributed by atoms with E-state index in [1.807, 2.05) is 0 Å². The molecule has 15 heavy (non-hydrogen) atoms. The standard InChI is InChI=1S/C8H10O3S.ClH.2Na/c1-6-4-3-5-8(7(6)2)12(9,10)11;;;/h3-5H,1-2H3,(H,9,10,11);1H;;/q;;2*+1/p-2. The zero-order valence-corrected chi connectivity index (χ0v) is 14.8. The Labute approximate surface area is 141 Å². The summed E-state index contributed by atoms with van der Waals surface area (Å²) in [5, 5.41) is 0. The van der Waals surface area contributed by atoms with Gasteiger partial charge < -0.3 is 17.0 Å². The quantitative estimate of drug-likeness (QED) is 0.375. The molecular weight excluding hydrogens is 258 g/mol. The van der Waals surface area contributed by atoms with Gasteiger partial charge in [-0.1, -0.05) is 12.1 Å². The molecule has 0 spiro atoms. The Kier molecular flexibility index (Phi) is 12.3. The van der Waals surface area contributed by atoms with Crippen molar-refractivity contribution in [3.05, 3.63) is 29.3 Å². The summed E-state index contributed by atoms with van der Waals surface area (Å²) >= 11 is 0. The van der Waals surface area contributed by atoms with Crippen molar-refractivity contribution in [1.29, 1.82) is 0 Å². The molecule has 3 nitrogen and oxygen atoms in total. The topological polar surface area (TPSA) is 57.2 Å². The van der Waals surface area contributed by atoms with Crippen LogP contribution in [0, 0.1) is 13.8 Å². The molecule has 0 saturated heterocycles. The Hall–Kier alpha value is 1.42. The summed E-state index contributed by atoms with van der Waals surface area (Å²) in [4.78, 5) is -0.123. The molecule has 0 aliphatic carbocycles. The maximum atomic E-state index is 10.7. The van der Waals surface area contributed by atoms with Crippen molar-refractivity contribution in [1.82, 2.24) is 0 Å². The van der Waals surface area contributed by atoms with Gasteiger partial charge >= 0.3 is 59.1 Å². The molecule has 0 amide bonds. The van der Waals surface area contributed by atoms with Crippen LogP contribution in [-0.4, -0.2) is 13.0 Å². The van der Waals surface area contributed by atoms with E-state index in [2.05, 4.69) is 0 Å². The molecule has 1 aromatic rings. The monoisotopic (exact) mass is 266 g/mol. The van der Waals surface area contributed by atoms with Gasteiger partial charge in [-0.05, 0) is 31.0 Å². The fourth-order valence-corrected chi connectivity index (χ4v) is 1.78. The van der Waals surface area contributed by atoms with Crippen LogP contribution in [0.5, 0.6) is 0 Å². The number of halogens is 1. The molecule has 1 rings (SSSR count). The molecule has 0 atom stereocenters. The summed E-state index contributed by atoms with van der Waals surface area (Å²) in [7, 11) is -4.31. The van der Waals surface area contributed by atoms with Gasteiger partial charge in [0.1, 0.15) is 10.1 Å². The van der Waals surface area contributed by atoms with Crippen molar-refractivity contribution in [2.75, 3.05) is 0 Å². The third kappa shape index (κ3) is 6.05. The van der Waals surface area contributed by atoms with Crippen LogP contribution in [0.15, 0.2) is 23.1 Å². The van der Waals surface area contributed by atoms with Gasteiger partial charge in [-0.3, -0.25) is 0 Å². The van der Waals surface area contributed by atoms with Crippen LogP contribution in [0.4, 0.5) is 0 Å². The Morgan fingerprint density at radius 1 is 1.13 bits per heavy atom. The number of hydrogen-bond donors (Lipinski definition) is 0. The van der Waals surface area contributed by atoms with E-state index < -0.39 is 10.1 Å². The Balaban J connectivity index is -0.000000480. The fourth-order valence-electron chi connectivity index (χ4n) is 0.995. The molecule has 1 aromatic carbocycles. The van der Waals surface area contributed by atoms with Gasteiger partial charge in [-0.15, -0.1) is 0 Å². The van der Waals surface area contributed by atoms with Crippen LogP contribution in [0.1, 0.15) is 11.1 Å².